The third-order valence-electron chi connectivity index (χ3n) is 2.39. The van der Waals surface area contributed by atoms with Crippen molar-refractivity contribution in [2.45, 2.75) is 25.0 Å². The van der Waals surface area contributed by atoms with Crippen molar-refractivity contribution < 1.29 is 17.9 Å². The van der Waals surface area contributed by atoms with E-state index < -0.39 is 21.2 Å². The van der Waals surface area contributed by atoms with E-state index in [1.807, 2.05) is 6.92 Å². The molecule has 18 heavy (non-hydrogen) atoms. The molecule has 0 heterocycles. The quantitative estimate of drug-likeness (QED) is 0.625. The molecule has 1 aromatic carbocycles. The molecule has 0 fully saturated rings. The largest absolute Gasteiger partial charge is 0.464 e. The van der Waals surface area contributed by atoms with Crippen LogP contribution in [0.5, 0.6) is 0 Å². The van der Waals surface area contributed by atoms with Crippen molar-refractivity contribution in [3.05, 3.63) is 35.9 Å². The Hall–Kier alpha value is -1.40. The lowest BCUT2D eigenvalue weighted by atomic mass is 10.1. The van der Waals surface area contributed by atoms with Crippen LogP contribution >= 0.6 is 0 Å². The first kappa shape index (κ1) is 14.7. The van der Waals surface area contributed by atoms with Gasteiger partial charge in [-0.25, -0.2) is 13.6 Å². The zero-order valence-electron chi connectivity index (χ0n) is 10.2. The zero-order valence-corrected chi connectivity index (χ0v) is 11.0. The molecular formula is C12H17NO4S. The minimum atomic E-state index is -4.03. The van der Waals surface area contributed by atoms with Gasteiger partial charge in [0.25, 0.3) is 0 Å². The Morgan fingerprint density at radius 3 is 2.44 bits per heavy atom. The number of primary sulfonamides is 1. The maximum Gasteiger partial charge on any atom is 0.330 e. The van der Waals surface area contributed by atoms with Crippen LogP contribution in [0.2, 0.25) is 0 Å². The SMILES string of the molecule is CCCCOC(=O)C(c1ccccc1)S(N)(=O)=O. The van der Waals surface area contributed by atoms with Crippen LogP contribution < -0.4 is 5.14 Å². The second kappa shape index (κ2) is 6.51. The summed E-state index contributed by atoms with van der Waals surface area (Å²) in [4.78, 5) is 11.8. The Balaban J connectivity index is 2.91. The Bertz CT molecular complexity index is 484. The van der Waals surface area contributed by atoms with E-state index in [9.17, 15) is 13.2 Å². The molecular weight excluding hydrogens is 254 g/mol. The molecule has 0 spiro atoms. The maximum absolute atomic E-state index is 11.8. The summed E-state index contributed by atoms with van der Waals surface area (Å²) >= 11 is 0. The monoisotopic (exact) mass is 271 g/mol. The smallest absolute Gasteiger partial charge is 0.330 e. The second-order valence-corrected chi connectivity index (χ2v) is 5.55. The number of nitrogens with two attached hydrogens (primary N) is 1. The molecule has 0 aliphatic rings. The van der Waals surface area contributed by atoms with Crippen LogP contribution in [-0.4, -0.2) is 21.0 Å². The number of benzene rings is 1. The van der Waals surface area contributed by atoms with Crippen molar-refractivity contribution in [1.29, 1.82) is 0 Å². The van der Waals surface area contributed by atoms with E-state index in [0.29, 0.717) is 12.0 Å². The van der Waals surface area contributed by atoms with E-state index in [1.54, 1.807) is 18.2 Å². The number of hydrogen-bond acceptors (Lipinski definition) is 4. The van der Waals surface area contributed by atoms with E-state index in [4.69, 9.17) is 9.88 Å². The van der Waals surface area contributed by atoms with E-state index in [-0.39, 0.29) is 6.61 Å². The summed E-state index contributed by atoms with van der Waals surface area (Å²) in [6, 6.07) is 8.10. The number of rotatable bonds is 6. The van der Waals surface area contributed by atoms with Crippen LogP contribution in [0.3, 0.4) is 0 Å². The molecule has 0 saturated heterocycles. The van der Waals surface area contributed by atoms with E-state index in [2.05, 4.69) is 0 Å². The summed E-state index contributed by atoms with van der Waals surface area (Å²) in [7, 11) is -4.03. The number of ether oxygens (including phenoxy) is 1. The van der Waals surface area contributed by atoms with Gasteiger partial charge in [0, 0.05) is 0 Å². The van der Waals surface area contributed by atoms with Crippen LogP contribution in [0, 0.1) is 0 Å². The van der Waals surface area contributed by atoms with Gasteiger partial charge in [-0.15, -0.1) is 0 Å². The number of hydrogen-bond donors (Lipinski definition) is 1. The van der Waals surface area contributed by atoms with Crippen LogP contribution in [0.25, 0.3) is 0 Å². The highest BCUT2D eigenvalue weighted by Crippen LogP contribution is 2.21. The first-order valence-corrected chi connectivity index (χ1v) is 7.31. The lowest BCUT2D eigenvalue weighted by Crippen LogP contribution is -2.30. The minimum Gasteiger partial charge on any atom is -0.464 e. The standard InChI is InChI=1S/C12H17NO4S/c1-2-3-9-17-12(14)11(18(13,15)16)10-7-5-4-6-8-10/h4-8,11H,2-3,9H2,1H3,(H2,13,15,16). The molecule has 1 unspecified atom stereocenters. The lowest BCUT2D eigenvalue weighted by molar-refractivity contribution is -0.143. The highest BCUT2D eigenvalue weighted by Gasteiger charge is 2.32. The maximum atomic E-state index is 11.8. The van der Waals surface area contributed by atoms with Gasteiger partial charge in [-0.05, 0) is 12.0 Å². The molecule has 0 amide bonds. The van der Waals surface area contributed by atoms with Gasteiger partial charge in [0.05, 0.1) is 6.61 Å². The highest BCUT2D eigenvalue weighted by atomic mass is 32.2. The van der Waals surface area contributed by atoms with Crippen molar-refractivity contribution in [3.63, 3.8) is 0 Å². The molecule has 2 N–H and O–H groups in total. The van der Waals surface area contributed by atoms with Crippen molar-refractivity contribution in [3.8, 4) is 0 Å². The number of sulfonamides is 1. The summed E-state index contributed by atoms with van der Waals surface area (Å²) in [6.07, 6.45) is 1.55. The lowest BCUT2D eigenvalue weighted by Gasteiger charge is -2.14. The molecule has 6 heteroatoms. The fourth-order valence-electron chi connectivity index (χ4n) is 1.48. The Labute approximate surface area is 107 Å². The van der Waals surface area contributed by atoms with Gasteiger partial charge in [0.1, 0.15) is 0 Å². The van der Waals surface area contributed by atoms with Crippen LogP contribution in [0.1, 0.15) is 30.6 Å². The fraction of sp³-hybridized carbons (Fsp3) is 0.417. The van der Waals surface area contributed by atoms with Crippen molar-refractivity contribution >= 4 is 16.0 Å². The number of unbranched alkanes of at least 4 members (excludes halogenated alkanes) is 1. The van der Waals surface area contributed by atoms with Crippen LogP contribution in [0.4, 0.5) is 0 Å². The molecule has 0 radical (unpaired) electrons. The third-order valence-corrected chi connectivity index (χ3v) is 3.51. The summed E-state index contributed by atoms with van der Waals surface area (Å²) in [5, 5.41) is 3.64. The second-order valence-electron chi connectivity index (χ2n) is 3.90. The van der Waals surface area contributed by atoms with Gasteiger partial charge >= 0.3 is 5.97 Å². The topological polar surface area (TPSA) is 86.5 Å². The van der Waals surface area contributed by atoms with Gasteiger partial charge in [-0.3, -0.25) is 4.79 Å². The molecule has 1 atom stereocenters. The summed E-state index contributed by atoms with van der Waals surface area (Å²) in [5.74, 6) is -0.822. The van der Waals surface area contributed by atoms with Gasteiger partial charge in [-0.1, -0.05) is 43.7 Å². The predicted molar refractivity (Wildman–Crippen MR) is 68.2 cm³/mol. The molecule has 0 saturated carbocycles. The third kappa shape index (κ3) is 4.12. The molecule has 0 bridgehead atoms. The normalized spacial score (nSPS) is 13.0. The van der Waals surface area contributed by atoms with Crippen LogP contribution in [0.15, 0.2) is 30.3 Å². The number of carbonyl (C=O) groups is 1. The average Bonchev–Trinajstić information content (AvgIpc) is 2.29. The first-order valence-electron chi connectivity index (χ1n) is 5.70. The van der Waals surface area contributed by atoms with Crippen molar-refractivity contribution in [1.82, 2.24) is 0 Å². The van der Waals surface area contributed by atoms with Crippen molar-refractivity contribution in [2.24, 2.45) is 5.14 Å². The van der Waals surface area contributed by atoms with Crippen LogP contribution in [-0.2, 0) is 19.6 Å². The fourth-order valence-corrected chi connectivity index (χ4v) is 2.35. The zero-order chi connectivity index (χ0) is 13.6. The molecule has 100 valence electrons. The molecule has 5 nitrogen and oxygen atoms in total. The summed E-state index contributed by atoms with van der Waals surface area (Å²) < 4.78 is 27.9. The van der Waals surface area contributed by atoms with Gasteiger partial charge in [0.2, 0.25) is 10.0 Å². The summed E-state index contributed by atoms with van der Waals surface area (Å²) in [5.41, 5.74) is 0.321. The molecule has 0 aliphatic carbocycles. The molecule has 1 aromatic rings. The number of carbonyl (C=O) groups excluding carboxylic acids is 1. The Morgan fingerprint density at radius 2 is 1.94 bits per heavy atom. The first-order chi connectivity index (χ1) is 8.46. The van der Waals surface area contributed by atoms with E-state index in [0.717, 1.165) is 6.42 Å². The number of esters is 1. The van der Waals surface area contributed by atoms with Gasteiger partial charge < -0.3 is 4.74 Å². The van der Waals surface area contributed by atoms with Crippen molar-refractivity contribution in [2.75, 3.05) is 6.61 Å². The summed E-state index contributed by atoms with van der Waals surface area (Å²) in [6.45, 7) is 2.15. The molecule has 0 aromatic heterocycles. The Morgan fingerprint density at radius 1 is 1.33 bits per heavy atom. The van der Waals surface area contributed by atoms with E-state index in [1.165, 1.54) is 12.1 Å². The molecule has 1 rings (SSSR count). The van der Waals surface area contributed by atoms with E-state index >= 15 is 0 Å². The minimum absolute atomic E-state index is 0.203. The Kier molecular flexibility index (Phi) is 5.30. The average molecular weight is 271 g/mol. The highest BCUT2D eigenvalue weighted by molar-refractivity contribution is 7.90. The van der Waals surface area contributed by atoms with Gasteiger partial charge in [-0.2, -0.15) is 0 Å². The van der Waals surface area contributed by atoms with Gasteiger partial charge in [0.15, 0.2) is 5.25 Å². The predicted octanol–water partition coefficient (Wildman–Crippen LogP) is 1.36. The molecule has 0 aliphatic heterocycles.